The molecule has 1 aliphatic rings. The van der Waals surface area contributed by atoms with Gasteiger partial charge in [0.15, 0.2) is 11.4 Å². The van der Waals surface area contributed by atoms with Crippen LogP contribution in [0.25, 0.3) is 0 Å². The van der Waals surface area contributed by atoms with Gasteiger partial charge in [-0.2, -0.15) is 0 Å². The Hall–Kier alpha value is -3.27. The predicted molar refractivity (Wildman–Crippen MR) is 109 cm³/mol. The largest absolute Gasteiger partial charge is 0.503 e. The van der Waals surface area contributed by atoms with Crippen LogP contribution in [-0.4, -0.2) is 47.0 Å². The molecule has 166 valence electrons. The first-order chi connectivity index (χ1) is 14.7. The maximum Gasteiger partial charge on any atom is 0.273 e. The van der Waals surface area contributed by atoms with Gasteiger partial charge in [-0.05, 0) is 19.0 Å². The Morgan fingerprint density at radius 1 is 1.29 bits per heavy atom. The number of nitrogens with zero attached hydrogens (tertiary/aromatic N) is 2. The molecule has 1 atom stereocenters. The molecule has 0 radical (unpaired) electrons. The van der Waals surface area contributed by atoms with Gasteiger partial charge in [-0.15, -0.1) is 0 Å². The molecule has 0 unspecified atom stereocenters. The molecule has 1 aliphatic heterocycles. The number of carbonyl (C=O) groups excluding carboxylic acids is 2. The molecule has 3 N–H and O–H groups in total. The summed E-state index contributed by atoms with van der Waals surface area (Å²) in [5.41, 5.74) is -1.12. The maximum atomic E-state index is 13.9. The van der Waals surface area contributed by atoms with E-state index in [2.05, 4.69) is 10.6 Å². The number of hydrogen-bond acceptors (Lipinski definition) is 5. The second-order valence-corrected chi connectivity index (χ2v) is 7.46. The van der Waals surface area contributed by atoms with Crippen LogP contribution in [0.1, 0.15) is 51.5 Å². The first-order valence-electron chi connectivity index (χ1n) is 9.84. The second kappa shape index (κ2) is 8.84. The van der Waals surface area contributed by atoms with Gasteiger partial charge in [0.25, 0.3) is 11.8 Å². The third-order valence-corrected chi connectivity index (χ3v) is 5.20. The van der Waals surface area contributed by atoms with E-state index < -0.39 is 34.6 Å². The number of benzene rings is 1. The van der Waals surface area contributed by atoms with Crippen LogP contribution in [0.4, 0.5) is 8.78 Å². The van der Waals surface area contributed by atoms with Gasteiger partial charge in [0.1, 0.15) is 17.2 Å². The first kappa shape index (κ1) is 22.4. The van der Waals surface area contributed by atoms with Crippen molar-refractivity contribution in [2.45, 2.75) is 32.5 Å². The highest BCUT2D eigenvalue weighted by molar-refractivity contribution is 5.99. The Balaban J connectivity index is 2.06. The molecule has 2 heterocycles. The third-order valence-electron chi connectivity index (χ3n) is 5.20. The molecule has 0 saturated carbocycles. The Morgan fingerprint density at radius 3 is 2.61 bits per heavy atom. The van der Waals surface area contributed by atoms with Crippen molar-refractivity contribution >= 4 is 11.8 Å². The Bertz CT molecular complexity index is 1100. The summed E-state index contributed by atoms with van der Waals surface area (Å²) in [6.45, 7) is 2.46. The summed E-state index contributed by atoms with van der Waals surface area (Å²) in [6, 6.07) is 2.57. The number of nitrogens with one attached hydrogen (secondary N) is 2. The van der Waals surface area contributed by atoms with Crippen LogP contribution in [0.15, 0.2) is 23.0 Å². The average molecular weight is 434 g/mol. The minimum absolute atomic E-state index is 0.0401. The first-order valence-corrected chi connectivity index (χ1v) is 9.84. The molecule has 0 aliphatic carbocycles. The van der Waals surface area contributed by atoms with Crippen LogP contribution >= 0.6 is 0 Å². The summed E-state index contributed by atoms with van der Waals surface area (Å²) in [5, 5.41) is 16.1. The van der Waals surface area contributed by atoms with Crippen molar-refractivity contribution in [3.8, 4) is 5.75 Å². The van der Waals surface area contributed by atoms with Gasteiger partial charge >= 0.3 is 0 Å². The summed E-state index contributed by atoms with van der Waals surface area (Å²) < 4.78 is 28.5. The summed E-state index contributed by atoms with van der Waals surface area (Å²) in [6.07, 6.45) is 0.511. The summed E-state index contributed by atoms with van der Waals surface area (Å²) in [7, 11) is 2.99. The van der Waals surface area contributed by atoms with E-state index in [0.717, 1.165) is 6.07 Å². The van der Waals surface area contributed by atoms with Crippen molar-refractivity contribution < 1.29 is 23.5 Å². The molecule has 1 aromatic heterocycles. The normalized spacial score (nSPS) is 14.9. The fraction of sp³-hybridized carbons (Fsp3) is 0.381. The van der Waals surface area contributed by atoms with Gasteiger partial charge < -0.3 is 25.2 Å². The molecule has 0 saturated heterocycles. The number of hydrogen-bond donors (Lipinski definition) is 3. The van der Waals surface area contributed by atoms with Crippen LogP contribution in [-0.2, 0) is 13.1 Å². The van der Waals surface area contributed by atoms with E-state index in [1.165, 1.54) is 29.6 Å². The molecule has 0 bridgehead atoms. The van der Waals surface area contributed by atoms with Crippen molar-refractivity contribution in [1.29, 1.82) is 0 Å². The highest BCUT2D eigenvalue weighted by Crippen LogP contribution is 2.32. The van der Waals surface area contributed by atoms with Crippen molar-refractivity contribution in [2.24, 2.45) is 0 Å². The van der Waals surface area contributed by atoms with Crippen molar-refractivity contribution in [1.82, 2.24) is 20.1 Å². The summed E-state index contributed by atoms with van der Waals surface area (Å²) in [5.74, 6) is -3.77. The Kier molecular flexibility index (Phi) is 6.40. The highest BCUT2D eigenvalue weighted by atomic mass is 19.1. The minimum atomic E-state index is -0.974. The molecular weight excluding hydrogens is 410 g/mol. The van der Waals surface area contributed by atoms with Gasteiger partial charge in [0, 0.05) is 38.8 Å². The number of aromatic nitrogens is 1. The lowest BCUT2D eigenvalue weighted by Crippen LogP contribution is -2.36. The van der Waals surface area contributed by atoms with Crippen LogP contribution in [0.5, 0.6) is 5.75 Å². The van der Waals surface area contributed by atoms with Crippen molar-refractivity contribution in [3.05, 3.63) is 62.6 Å². The smallest absolute Gasteiger partial charge is 0.273 e. The fourth-order valence-electron chi connectivity index (χ4n) is 3.74. The molecule has 2 amide bonds. The van der Waals surface area contributed by atoms with Crippen LogP contribution in [0, 0.1) is 11.6 Å². The molecule has 0 fully saturated rings. The Morgan fingerprint density at radius 2 is 2.00 bits per heavy atom. The highest BCUT2D eigenvalue weighted by Gasteiger charge is 2.36. The van der Waals surface area contributed by atoms with Crippen LogP contribution in [0.2, 0.25) is 0 Å². The lowest BCUT2D eigenvalue weighted by atomic mass is 10.0. The molecule has 3 rings (SSSR count). The van der Waals surface area contributed by atoms with E-state index >= 15 is 0 Å². The van der Waals surface area contributed by atoms with Crippen molar-refractivity contribution in [3.63, 3.8) is 0 Å². The standard InChI is InChI=1S/C21H24F2N4O4/c1-4-24-14-7-8-27-16(14)15(18(28)19(29)17(27)21(31)26(2)3)20(30)25-10-11-5-6-12(22)9-13(11)23/h5-6,9,14,24,29H,4,7-8,10H2,1-3H3,(H,25,30)/t14-/m0/s1. The van der Waals surface area contributed by atoms with E-state index in [1.54, 1.807) is 0 Å². The number of fused-ring (bicyclic) bond motifs is 1. The Labute approximate surface area is 177 Å². The second-order valence-electron chi connectivity index (χ2n) is 7.46. The zero-order valence-electron chi connectivity index (χ0n) is 17.5. The zero-order chi connectivity index (χ0) is 22.9. The van der Waals surface area contributed by atoms with E-state index in [1.807, 2.05) is 6.92 Å². The average Bonchev–Trinajstić information content (AvgIpc) is 3.11. The molecule has 31 heavy (non-hydrogen) atoms. The van der Waals surface area contributed by atoms with Crippen molar-refractivity contribution in [2.75, 3.05) is 20.6 Å². The lowest BCUT2D eigenvalue weighted by Gasteiger charge is -2.21. The number of amides is 2. The monoisotopic (exact) mass is 434 g/mol. The van der Waals surface area contributed by atoms with E-state index in [4.69, 9.17) is 0 Å². The van der Waals surface area contributed by atoms with E-state index in [0.29, 0.717) is 31.3 Å². The topological polar surface area (TPSA) is 104 Å². The third kappa shape index (κ3) is 4.15. The fourth-order valence-corrected chi connectivity index (χ4v) is 3.74. The van der Waals surface area contributed by atoms with Gasteiger partial charge in [-0.25, -0.2) is 8.78 Å². The van der Waals surface area contributed by atoms with E-state index in [-0.39, 0.29) is 29.4 Å². The number of carbonyl (C=O) groups is 2. The SMILES string of the molecule is CCN[C@H]1CCn2c(C(=O)N(C)C)c(O)c(=O)c(C(=O)NCc3ccc(F)cc3F)c21. The van der Waals surface area contributed by atoms with E-state index in [9.17, 15) is 28.3 Å². The van der Waals surface area contributed by atoms with Gasteiger partial charge in [0.05, 0.1) is 11.7 Å². The van der Waals surface area contributed by atoms with Gasteiger partial charge in [0.2, 0.25) is 5.43 Å². The van der Waals surface area contributed by atoms with Gasteiger partial charge in [-0.1, -0.05) is 13.0 Å². The number of halogens is 2. The molecule has 10 heteroatoms. The van der Waals surface area contributed by atoms with Crippen LogP contribution < -0.4 is 16.1 Å². The van der Waals surface area contributed by atoms with Gasteiger partial charge in [-0.3, -0.25) is 14.4 Å². The molecule has 2 aromatic rings. The number of aromatic hydroxyl groups is 1. The number of rotatable bonds is 6. The predicted octanol–water partition coefficient (Wildman–Crippen LogP) is 1.52. The quantitative estimate of drug-likeness (QED) is 0.640. The minimum Gasteiger partial charge on any atom is -0.503 e. The lowest BCUT2D eigenvalue weighted by molar-refractivity contribution is 0.0810. The maximum absolute atomic E-state index is 13.9. The molecule has 0 spiro atoms. The summed E-state index contributed by atoms with van der Waals surface area (Å²) >= 11 is 0. The van der Waals surface area contributed by atoms with Crippen LogP contribution in [0.3, 0.4) is 0 Å². The molecular formula is C21H24F2N4O4. The molecule has 8 nitrogen and oxygen atoms in total. The molecule has 1 aromatic carbocycles. The zero-order valence-corrected chi connectivity index (χ0v) is 17.5. The number of pyridine rings is 1. The summed E-state index contributed by atoms with van der Waals surface area (Å²) in [4.78, 5) is 39.7.